The molecule has 0 aliphatic carbocycles. The van der Waals surface area contributed by atoms with Crippen LogP contribution in [0.4, 0.5) is 4.39 Å². The van der Waals surface area contributed by atoms with Gasteiger partial charge in [0.1, 0.15) is 5.82 Å². The number of imidazole rings is 1. The van der Waals surface area contributed by atoms with E-state index in [0.29, 0.717) is 23.4 Å². The van der Waals surface area contributed by atoms with Gasteiger partial charge in [-0.15, -0.1) is 11.3 Å². The van der Waals surface area contributed by atoms with Crippen LogP contribution in [0.3, 0.4) is 0 Å². The molecule has 0 aliphatic heterocycles. The molecule has 26 heavy (non-hydrogen) atoms. The van der Waals surface area contributed by atoms with Crippen LogP contribution in [0, 0.1) is 12.7 Å². The van der Waals surface area contributed by atoms with Gasteiger partial charge in [-0.3, -0.25) is 14.3 Å². The van der Waals surface area contributed by atoms with E-state index in [4.69, 9.17) is 0 Å². The molecule has 1 amide bonds. The van der Waals surface area contributed by atoms with E-state index in [1.807, 2.05) is 22.9 Å². The van der Waals surface area contributed by atoms with Crippen LogP contribution in [0.1, 0.15) is 21.7 Å². The number of amides is 1. The van der Waals surface area contributed by atoms with E-state index in [1.54, 1.807) is 41.5 Å². The molecule has 3 heterocycles. The molecule has 0 unspecified atom stereocenters. The van der Waals surface area contributed by atoms with E-state index in [0.717, 1.165) is 16.3 Å². The lowest BCUT2D eigenvalue weighted by atomic mass is 10.1. The molecule has 1 aromatic carbocycles. The van der Waals surface area contributed by atoms with Crippen molar-refractivity contribution in [2.45, 2.75) is 13.5 Å². The fraction of sp³-hybridized carbons (Fsp3) is 0.167. The quantitative estimate of drug-likeness (QED) is 0.599. The maximum Gasteiger partial charge on any atom is 0.257 e. The second kappa shape index (κ2) is 6.38. The Bertz CT molecular complexity index is 1100. The number of carbonyl (C=O) groups is 1. The number of nitrogens with zero attached hydrogens (tertiary/aromatic N) is 4. The highest BCUT2D eigenvalue weighted by Crippen LogP contribution is 2.25. The molecule has 3 aromatic heterocycles. The standard InChI is InChI=1S/C18H16FN5OS/c1-11-15(24-7-8-26-18(24)21-11)10-23(2)17(25)13-9-20-22-16(13)12-5-3-4-6-14(12)19/h3-9H,10H2,1-2H3,(H,20,22). The van der Waals surface area contributed by atoms with Gasteiger partial charge in [0.2, 0.25) is 0 Å². The van der Waals surface area contributed by atoms with Gasteiger partial charge in [0.05, 0.1) is 35.4 Å². The van der Waals surface area contributed by atoms with Gasteiger partial charge in [-0.25, -0.2) is 9.37 Å². The zero-order valence-corrected chi connectivity index (χ0v) is 15.0. The van der Waals surface area contributed by atoms with Gasteiger partial charge in [0.25, 0.3) is 5.91 Å². The molecule has 0 spiro atoms. The minimum Gasteiger partial charge on any atom is -0.336 e. The molecule has 0 fully saturated rings. The summed E-state index contributed by atoms with van der Waals surface area (Å²) in [4.78, 5) is 19.9. The van der Waals surface area contributed by atoms with Crippen LogP contribution in [0.5, 0.6) is 0 Å². The summed E-state index contributed by atoms with van der Waals surface area (Å²) in [5.41, 5.74) is 2.88. The Hall–Kier alpha value is -3.00. The maximum absolute atomic E-state index is 14.1. The minimum absolute atomic E-state index is 0.235. The normalized spacial score (nSPS) is 11.2. The van der Waals surface area contributed by atoms with Crippen molar-refractivity contribution in [2.24, 2.45) is 0 Å². The largest absolute Gasteiger partial charge is 0.336 e. The van der Waals surface area contributed by atoms with Gasteiger partial charge in [-0.1, -0.05) is 12.1 Å². The van der Waals surface area contributed by atoms with Crippen molar-refractivity contribution < 1.29 is 9.18 Å². The lowest BCUT2D eigenvalue weighted by Gasteiger charge is -2.17. The molecule has 0 aliphatic rings. The molecule has 132 valence electrons. The molecular weight excluding hydrogens is 353 g/mol. The number of H-pyrrole nitrogens is 1. The van der Waals surface area contributed by atoms with Crippen LogP contribution >= 0.6 is 11.3 Å². The Morgan fingerprint density at radius 1 is 1.38 bits per heavy atom. The summed E-state index contributed by atoms with van der Waals surface area (Å²) < 4.78 is 16.1. The molecule has 0 radical (unpaired) electrons. The van der Waals surface area contributed by atoms with Crippen LogP contribution in [0.2, 0.25) is 0 Å². The first-order valence-electron chi connectivity index (χ1n) is 8.01. The SMILES string of the molecule is Cc1nc2sccn2c1CN(C)C(=O)c1cn[nH]c1-c1ccccc1F. The number of hydrogen-bond acceptors (Lipinski definition) is 4. The molecule has 0 bridgehead atoms. The van der Waals surface area contributed by atoms with Gasteiger partial charge in [0.15, 0.2) is 4.96 Å². The highest BCUT2D eigenvalue weighted by Gasteiger charge is 2.22. The van der Waals surface area contributed by atoms with E-state index in [2.05, 4.69) is 15.2 Å². The summed E-state index contributed by atoms with van der Waals surface area (Å²) in [7, 11) is 1.71. The number of rotatable bonds is 4. The number of aromatic nitrogens is 4. The van der Waals surface area contributed by atoms with Gasteiger partial charge >= 0.3 is 0 Å². The monoisotopic (exact) mass is 369 g/mol. The summed E-state index contributed by atoms with van der Waals surface area (Å²) in [5.74, 6) is -0.637. The third-order valence-corrected chi connectivity index (χ3v) is 5.06. The van der Waals surface area contributed by atoms with E-state index in [-0.39, 0.29) is 5.91 Å². The number of fused-ring (bicyclic) bond motifs is 1. The van der Waals surface area contributed by atoms with Crippen molar-refractivity contribution in [1.82, 2.24) is 24.5 Å². The highest BCUT2D eigenvalue weighted by atomic mass is 32.1. The van der Waals surface area contributed by atoms with Crippen LogP contribution in [-0.4, -0.2) is 37.4 Å². The molecule has 0 saturated heterocycles. The molecule has 4 rings (SSSR count). The van der Waals surface area contributed by atoms with Crippen LogP contribution in [-0.2, 0) is 6.54 Å². The first kappa shape index (κ1) is 16.5. The number of aryl methyl sites for hydroxylation is 1. The predicted molar refractivity (Wildman–Crippen MR) is 97.6 cm³/mol. The average Bonchev–Trinajstić information content (AvgIpc) is 3.33. The Morgan fingerprint density at radius 3 is 3.00 bits per heavy atom. The predicted octanol–water partition coefficient (Wildman–Crippen LogP) is 3.51. The van der Waals surface area contributed by atoms with E-state index in [1.165, 1.54) is 12.3 Å². The summed E-state index contributed by atoms with van der Waals surface area (Å²) in [6.07, 6.45) is 3.38. The Morgan fingerprint density at radius 2 is 2.19 bits per heavy atom. The van der Waals surface area contributed by atoms with Crippen LogP contribution in [0.25, 0.3) is 16.2 Å². The van der Waals surface area contributed by atoms with Crippen molar-refractivity contribution in [2.75, 3.05) is 7.05 Å². The Labute approximate surface area is 152 Å². The van der Waals surface area contributed by atoms with Gasteiger partial charge in [0, 0.05) is 24.2 Å². The molecule has 0 atom stereocenters. The van der Waals surface area contributed by atoms with Crippen LogP contribution < -0.4 is 0 Å². The van der Waals surface area contributed by atoms with E-state index >= 15 is 0 Å². The first-order chi connectivity index (χ1) is 12.6. The van der Waals surface area contributed by atoms with Crippen molar-refractivity contribution in [3.8, 4) is 11.3 Å². The smallest absolute Gasteiger partial charge is 0.257 e. The number of carbonyl (C=O) groups excluding carboxylic acids is 1. The van der Waals surface area contributed by atoms with E-state index < -0.39 is 5.82 Å². The molecular formula is C18H16FN5OS. The first-order valence-corrected chi connectivity index (χ1v) is 8.89. The lowest BCUT2D eigenvalue weighted by Crippen LogP contribution is -2.27. The number of hydrogen-bond donors (Lipinski definition) is 1. The highest BCUT2D eigenvalue weighted by molar-refractivity contribution is 7.15. The average molecular weight is 369 g/mol. The van der Waals surface area contributed by atoms with Crippen molar-refractivity contribution >= 4 is 22.2 Å². The zero-order chi connectivity index (χ0) is 18.3. The molecule has 0 saturated carbocycles. The van der Waals surface area contributed by atoms with Crippen LogP contribution in [0.15, 0.2) is 42.0 Å². The maximum atomic E-state index is 14.1. The molecule has 4 aromatic rings. The van der Waals surface area contributed by atoms with Crippen molar-refractivity contribution in [3.05, 3.63) is 64.8 Å². The van der Waals surface area contributed by atoms with Crippen molar-refractivity contribution in [3.63, 3.8) is 0 Å². The van der Waals surface area contributed by atoms with Gasteiger partial charge in [-0.2, -0.15) is 5.10 Å². The summed E-state index contributed by atoms with van der Waals surface area (Å²) >= 11 is 1.55. The summed E-state index contributed by atoms with van der Waals surface area (Å²) in [6.45, 7) is 2.32. The van der Waals surface area contributed by atoms with Gasteiger partial charge in [-0.05, 0) is 19.1 Å². The number of thiazole rings is 1. The lowest BCUT2D eigenvalue weighted by molar-refractivity contribution is 0.0784. The Balaban J connectivity index is 1.65. The topological polar surface area (TPSA) is 66.3 Å². The van der Waals surface area contributed by atoms with Crippen molar-refractivity contribution in [1.29, 1.82) is 0 Å². The van der Waals surface area contributed by atoms with Gasteiger partial charge < -0.3 is 4.90 Å². The molecule has 6 nitrogen and oxygen atoms in total. The number of benzene rings is 1. The fourth-order valence-electron chi connectivity index (χ4n) is 2.95. The third kappa shape index (κ3) is 2.68. The second-order valence-electron chi connectivity index (χ2n) is 6.00. The third-order valence-electron chi connectivity index (χ3n) is 4.31. The summed E-state index contributed by atoms with van der Waals surface area (Å²) in [5, 5.41) is 8.64. The second-order valence-corrected chi connectivity index (χ2v) is 6.87. The number of halogens is 1. The Kier molecular flexibility index (Phi) is 4.04. The van der Waals surface area contributed by atoms with E-state index in [9.17, 15) is 9.18 Å². The molecule has 1 N–H and O–H groups in total. The number of aromatic amines is 1. The minimum atomic E-state index is -0.403. The number of nitrogens with one attached hydrogen (secondary N) is 1. The zero-order valence-electron chi connectivity index (χ0n) is 14.2. The molecule has 8 heteroatoms. The fourth-order valence-corrected chi connectivity index (χ4v) is 3.73. The summed E-state index contributed by atoms with van der Waals surface area (Å²) in [6, 6.07) is 6.31.